The number of rotatable bonds is 11. The summed E-state index contributed by atoms with van der Waals surface area (Å²) < 4.78 is 37.2. The SMILES string of the molecule is NCCNS(=O)(=O)c1cccc(NC(=O)COCCOc2ccccc2)c1. The van der Waals surface area contributed by atoms with Crippen molar-refractivity contribution in [2.24, 2.45) is 5.73 Å². The third kappa shape index (κ3) is 7.35. The molecule has 0 bridgehead atoms. The molecule has 1 amide bonds. The Morgan fingerprint density at radius 3 is 2.56 bits per heavy atom. The van der Waals surface area contributed by atoms with Gasteiger partial charge in [0.1, 0.15) is 19.0 Å². The van der Waals surface area contributed by atoms with Crippen LogP contribution in [0, 0.1) is 0 Å². The van der Waals surface area contributed by atoms with Crippen LogP contribution in [0.3, 0.4) is 0 Å². The molecule has 0 heterocycles. The molecule has 2 rings (SSSR count). The average Bonchev–Trinajstić information content (AvgIpc) is 2.67. The van der Waals surface area contributed by atoms with Gasteiger partial charge in [-0.05, 0) is 30.3 Å². The number of ether oxygens (including phenoxy) is 2. The number of nitrogens with one attached hydrogen (secondary N) is 2. The number of carbonyl (C=O) groups is 1. The van der Waals surface area contributed by atoms with E-state index in [-0.39, 0.29) is 37.1 Å². The van der Waals surface area contributed by atoms with E-state index in [9.17, 15) is 13.2 Å². The maximum absolute atomic E-state index is 12.1. The molecule has 0 spiro atoms. The van der Waals surface area contributed by atoms with Crippen molar-refractivity contribution in [3.05, 3.63) is 54.6 Å². The topological polar surface area (TPSA) is 120 Å². The summed E-state index contributed by atoms with van der Waals surface area (Å²) in [4.78, 5) is 12.0. The molecular weight excluding hydrogens is 370 g/mol. The first-order chi connectivity index (χ1) is 13.0. The summed E-state index contributed by atoms with van der Waals surface area (Å²) in [7, 11) is -3.66. The zero-order valence-electron chi connectivity index (χ0n) is 14.8. The van der Waals surface area contributed by atoms with Gasteiger partial charge in [0.15, 0.2) is 0 Å². The van der Waals surface area contributed by atoms with Crippen LogP contribution in [0.2, 0.25) is 0 Å². The Bertz CT molecular complexity index is 828. The van der Waals surface area contributed by atoms with Gasteiger partial charge in [0, 0.05) is 18.8 Å². The minimum atomic E-state index is -3.66. The lowest BCUT2D eigenvalue weighted by atomic mass is 10.3. The van der Waals surface area contributed by atoms with Crippen molar-refractivity contribution in [3.8, 4) is 5.75 Å². The van der Waals surface area contributed by atoms with Gasteiger partial charge in [-0.3, -0.25) is 4.79 Å². The smallest absolute Gasteiger partial charge is 0.250 e. The molecule has 0 atom stereocenters. The summed E-state index contributed by atoms with van der Waals surface area (Å²) in [6.45, 7) is 0.733. The van der Waals surface area contributed by atoms with Crippen molar-refractivity contribution in [3.63, 3.8) is 0 Å². The van der Waals surface area contributed by atoms with E-state index < -0.39 is 10.0 Å². The fourth-order valence-electron chi connectivity index (χ4n) is 2.11. The number of anilines is 1. The van der Waals surface area contributed by atoms with E-state index in [1.165, 1.54) is 12.1 Å². The summed E-state index contributed by atoms with van der Waals surface area (Å²) in [5, 5.41) is 2.60. The van der Waals surface area contributed by atoms with Crippen molar-refractivity contribution in [1.82, 2.24) is 4.72 Å². The van der Waals surface area contributed by atoms with Gasteiger partial charge in [-0.15, -0.1) is 0 Å². The lowest BCUT2D eigenvalue weighted by Crippen LogP contribution is -2.29. The van der Waals surface area contributed by atoms with E-state index in [4.69, 9.17) is 15.2 Å². The largest absolute Gasteiger partial charge is 0.491 e. The molecular formula is C18H23N3O5S. The first-order valence-corrected chi connectivity index (χ1v) is 9.85. The van der Waals surface area contributed by atoms with Crippen molar-refractivity contribution < 1.29 is 22.7 Å². The van der Waals surface area contributed by atoms with Crippen molar-refractivity contribution in [2.45, 2.75) is 4.90 Å². The highest BCUT2D eigenvalue weighted by molar-refractivity contribution is 7.89. The maximum Gasteiger partial charge on any atom is 0.250 e. The number of nitrogens with two attached hydrogens (primary N) is 1. The van der Waals surface area contributed by atoms with Crippen LogP contribution in [0.15, 0.2) is 59.5 Å². The van der Waals surface area contributed by atoms with E-state index in [1.807, 2.05) is 30.3 Å². The number of para-hydroxylation sites is 1. The summed E-state index contributed by atoms with van der Waals surface area (Å²) in [5.74, 6) is 0.339. The van der Waals surface area contributed by atoms with Crippen LogP contribution < -0.4 is 20.5 Å². The van der Waals surface area contributed by atoms with Crippen molar-refractivity contribution >= 4 is 21.6 Å². The lowest BCUT2D eigenvalue weighted by molar-refractivity contribution is -0.120. The molecule has 0 saturated carbocycles. The summed E-state index contributed by atoms with van der Waals surface area (Å²) in [6, 6.07) is 15.2. The van der Waals surface area contributed by atoms with E-state index in [0.717, 1.165) is 5.75 Å². The Kier molecular flexibility index (Phi) is 8.21. The van der Waals surface area contributed by atoms with Gasteiger partial charge in [-0.1, -0.05) is 24.3 Å². The van der Waals surface area contributed by atoms with E-state index in [1.54, 1.807) is 12.1 Å². The van der Waals surface area contributed by atoms with Gasteiger partial charge >= 0.3 is 0 Å². The Labute approximate surface area is 158 Å². The van der Waals surface area contributed by atoms with Crippen LogP contribution in [-0.4, -0.2) is 47.2 Å². The van der Waals surface area contributed by atoms with E-state index in [2.05, 4.69) is 10.0 Å². The molecule has 0 aliphatic carbocycles. The van der Waals surface area contributed by atoms with Crippen LogP contribution >= 0.6 is 0 Å². The number of amides is 1. The first kappa shape index (κ1) is 20.8. The molecule has 0 aliphatic heterocycles. The molecule has 2 aromatic rings. The van der Waals surface area contributed by atoms with Crippen molar-refractivity contribution in [2.75, 3.05) is 38.2 Å². The van der Waals surface area contributed by atoms with Gasteiger partial charge in [-0.2, -0.15) is 0 Å². The number of hydrogen-bond donors (Lipinski definition) is 3. The maximum atomic E-state index is 12.1. The molecule has 0 saturated heterocycles. The molecule has 0 aromatic heterocycles. The number of carbonyl (C=O) groups excluding carboxylic acids is 1. The average molecular weight is 393 g/mol. The Morgan fingerprint density at radius 1 is 1.04 bits per heavy atom. The third-order valence-corrected chi connectivity index (χ3v) is 4.80. The second-order valence-corrected chi connectivity index (χ2v) is 7.24. The predicted octanol–water partition coefficient (Wildman–Crippen LogP) is 0.958. The highest BCUT2D eigenvalue weighted by Crippen LogP contribution is 2.15. The quantitative estimate of drug-likeness (QED) is 0.489. The monoisotopic (exact) mass is 393 g/mol. The van der Waals surface area contributed by atoms with Gasteiger partial charge < -0.3 is 20.5 Å². The van der Waals surface area contributed by atoms with Gasteiger partial charge in [0.25, 0.3) is 0 Å². The van der Waals surface area contributed by atoms with Gasteiger partial charge in [0.2, 0.25) is 15.9 Å². The molecule has 27 heavy (non-hydrogen) atoms. The van der Waals surface area contributed by atoms with Crippen LogP contribution in [0.1, 0.15) is 0 Å². The summed E-state index contributed by atoms with van der Waals surface area (Å²) in [6.07, 6.45) is 0. The fraction of sp³-hybridized carbons (Fsp3) is 0.278. The Balaban J connectivity index is 1.76. The lowest BCUT2D eigenvalue weighted by Gasteiger charge is -2.10. The molecule has 0 unspecified atom stereocenters. The molecule has 0 aliphatic rings. The molecule has 9 heteroatoms. The first-order valence-electron chi connectivity index (χ1n) is 8.36. The van der Waals surface area contributed by atoms with Gasteiger partial charge in [0.05, 0.1) is 11.5 Å². The fourth-order valence-corrected chi connectivity index (χ4v) is 3.21. The second-order valence-electron chi connectivity index (χ2n) is 5.48. The van der Waals surface area contributed by atoms with Gasteiger partial charge in [-0.25, -0.2) is 13.1 Å². The van der Waals surface area contributed by atoms with Crippen LogP contribution in [0.25, 0.3) is 0 Å². The number of benzene rings is 2. The Hall–Kier alpha value is -2.46. The third-order valence-electron chi connectivity index (χ3n) is 3.34. The zero-order chi connectivity index (χ0) is 19.5. The van der Waals surface area contributed by atoms with E-state index in [0.29, 0.717) is 12.3 Å². The van der Waals surface area contributed by atoms with Crippen molar-refractivity contribution in [1.29, 1.82) is 0 Å². The highest BCUT2D eigenvalue weighted by atomic mass is 32.2. The zero-order valence-corrected chi connectivity index (χ0v) is 15.6. The molecule has 2 aromatic carbocycles. The highest BCUT2D eigenvalue weighted by Gasteiger charge is 2.14. The molecule has 146 valence electrons. The van der Waals surface area contributed by atoms with Crippen LogP contribution in [0.4, 0.5) is 5.69 Å². The normalized spacial score (nSPS) is 11.1. The minimum Gasteiger partial charge on any atom is -0.491 e. The predicted molar refractivity (Wildman–Crippen MR) is 102 cm³/mol. The summed E-state index contributed by atoms with van der Waals surface area (Å²) >= 11 is 0. The number of sulfonamides is 1. The van der Waals surface area contributed by atoms with E-state index >= 15 is 0 Å². The van der Waals surface area contributed by atoms with Crippen LogP contribution in [-0.2, 0) is 19.6 Å². The molecule has 0 fully saturated rings. The molecule has 8 nitrogen and oxygen atoms in total. The summed E-state index contributed by atoms with van der Waals surface area (Å²) in [5.41, 5.74) is 5.66. The van der Waals surface area contributed by atoms with Crippen LogP contribution in [0.5, 0.6) is 5.75 Å². The minimum absolute atomic E-state index is 0.0472. The molecule has 0 radical (unpaired) electrons. The standard InChI is InChI=1S/C18H23N3O5S/c19-9-10-20-27(23,24)17-8-4-5-15(13-17)21-18(22)14-25-11-12-26-16-6-2-1-3-7-16/h1-8,13,20H,9-12,14,19H2,(H,21,22). The Morgan fingerprint density at radius 2 is 1.81 bits per heavy atom. The number of hydrogen-bond acceptors (Lipinski definition) is 6. The second kappa shape index (κ2) is 10.6. The molecule has 4 N–H and O–H groups in total.